The molecule has 2 atom stereocenters. The summed E-state index contributed by atoms with van der Waals surface area (Å²) < 4.78 is 51.4. The van der Waals surface area contributed by atoms with Crippen LogP contribution in [0.1, 0.15) is 44.2 Å². The molecule has 8 nitrogen and oxygen atoms in total. The van der Waals surface area contributed by atoms with Crippen molar-refractivity contribution in [3.05, 3.63) is 83.6 Å². The number of nitrogens with one attached hydrogen (secondary N) is 4. The molecule has 2 aromatic carbocycles. The topological polar surface area (TPSA) is 100 Å². The number of nitrogens with zero attached hydrogens (tertiary/aromatic N) is 2. The summed E-state index contributed by atoms with van der Waals surface area (Å²) in [7, 11) is 1.28. The van der Waals surface area contributed by atoms with Gasteiger partial charge in [0.2, 0.25) is 5.95 Å². The van der Waals surface area contributed by atoms with Gasteiger partial charge in [-0.2, -0.15) is 12.6 Å². The Balaban J connectivity index is 1.89. The number of amides is 1. The second-order valence-corrected chi connectivity index (χ2v) is 11.4. The van der Waals surface area contributed by atoms with Crippen LogP contribution in [0.4, 0.5) is 29.6 Å². The molecule has 0 radical (unpaired) electrons. The molecule has 4 N–H and O–H groups in total. The second-order valence-electron chi connectivity index (χ2n) is 10.0. The van der Waals surface area contributed by atoms with Crippen LogP contribution >= 0.6 is 24.6 Å². The highest BCUT2D eigenvalue weighted by atomic mass is 32.2. The van der Waals surface area contributed by atoms with Gasteiger partial charge in [0.25, 0.3) is 0 Å². The standard InChI is InChI=1S/C28H33F3N6O2S2/c1-16(35-27(38)39-5)14-33-26-32-13-12-22(36-26)24(40)18(15-34-28(2,3)4)17-8-6-11-21(23(17)31)37-41-25-19(29)9-7-10-20(25)30/h6-13,15-16,24,34,37,40H,14H2,1-5H3,(H,35,38)(H,32,33,36)/b18-15-/t16-,24?/m0/s1. The SMILES string of the molecule is COC(=O)N[C@@H](C)CNc1nccc(C(S)/C(=C\NC(C)(C)C)c2cccc(NSc3c(F)cccc3F)c2F)n1. The molecular formula is C28H33F3N6O2S2. The van der Waals surface area contributed by atoms with Gasteiger partial charge in [-0.1, -0.05) is 18.2 Å². The number of hydrogen-bond donors (Lipinski definition) is 5. The smallest absolute Gasteiger partial charge is 0.407 e. The predicted octanol–water partition coefficient (Wildman–Crippen LogP) is 6.57. The molecule has 1 heterocycles. The molecule has 0 aliphatic rings. The number of anilines is 2. The maximum absolute atomic E-state index is 15.9. The van der Waals surface area contributed by atoms with Crippen molar-refractivity contribution in [2.45, 2.75) is 49.4 Å². The predicted molar refractivity (Wildman–Crippen MR) is 160 cm³/mol. The van der Waals surface area contributed by atoms with Crippen LogP contribution in [0.5, 0.6) is 0 Å². The van der Waals surface area contributed by atoms with Crippen LogP contribution in [0.2, 0.25) is 0 Å². The van der Waals surface area contributed by atoms with Gasteiger partial charge in [-0.3, -0.25) is 0 Å². The van der Waals surface area contributed by atoms with Gasteiger partial charge in [-0.05, 0) is 69.5 Å². The fraction of sp³-hybridized carbons (Fsp3) is 0.321. The van der Waals surface area contributed by atoms with Gasteiger partial charge >= 0.3 is 6.09 Å². The van der Waals surface area contributed by atoms with E-state index in [1.165, 1.54) is 19.2 Å². The zero-order chi connectivity index (χ0) is 30.2. The highest BCUT2D eigenvalue weighted by molar-refractivity contribution is 8.00. The third kappa shape index (κ3) is 9.22. The van der Waals surface area contributed by atoms with E-state index in [9.17, 15) is 13.6 Å². The van der Waals surface area contributed by atoms with E-state index in [1.54, 1.807) is 37.5 Å². The van der Waals surface area contributed by atoms with Gasteiger partial charge in [-0.25, -0.2) is 27.9 Å². The van der Waals surface area contributed by atoms with Gasteiger partial charge in [0.05, 0.1) is 28.6 Å². The molecule has 1 aromatic heterocycles. The zero-order valence-electron chi connectivity index (χ0n) is 23.3. The summed E-state index contributed by atoms with van der Waals surface area (Å²) in [6.07, 6.45) is 2.68. The number of halogens is 3. The van der Waals surface area contributed by atoms with Gasteiger partial charge in [0, 0.05) is 36.1 Å². The van der Waals surface area contributed by atoms with E-state index in [-0.39, 0.29) is 27.7 Å². The molecule has 1 unspecified atom stereocenters. The summed E-state index contributed by atoms with van der Waals surface area (Å²) in [4.78, 5) is 19.9. The molecule has 0 saturated heterocycles. The molecule has 13 heteroatoms. The highest BCUT2D eigenvalue weighted by Crippen LogP contribution is 2.38. The number of benzene rings is 2. The van der Waals surface area contributed by atoms with Crippen molar-refractivity contribution in [2.24, 2.45) is 0 Å². The highest BCUT2D eigenvalue weighted by Gasteiger charge is 2.23. The van der Waals surface area contributed by atoms with Crippen molar-refractivity contribution in [3.8, 4) is 0 Å². The molecule has 0 saturated carbocycles. The lowest BCUT2D eigenvalue weighted by molar-refractivity contribution is 0.168. The molecule has 0 aliphatic carbocycles. The lowest BCUT2D eigenvalue weighted by atomic mass is 9.99. The molecule has 0 aliphatic heterocycles. The number of thiol groups is 1. The van der Waals surface area contributed by atoms with Crippen LogP contribution < -0.4 is 20.7 Å². The summed E-state index contributed by atoms with van der Waals surface area (Å²) in [5.41, 5.74) is 0.864. The van der Waals surface area contributed by atoms with Crippen LogP contribution in [-0.2, 0) is 4.74 Å². The van der Waals surface area contributed by atoms with Gasteiger partial charge < -0.3 is 25.4 Å². The van der Waals surface area contributed by atoms with Crippen molar-refractivity contribution in [1.82, 2.24) is 20.6 Å². The lowest BCUT2D eigenvalue weighted by Gasteiger charge is -2.23. The molecule has 3 rings (SSSR count). The summed E-state index contributed by atoms with van der Waals surface area (Å²) in [6, 6.07) is 9.62. The number of rotatable bonds is 11. The average molecular weight is 607 g/mol. The minimum Gasteiger partial charge on any atom is -0.453 e. The Kier molecular flexibility index (Phi) is 11.2. The normalized spacial score (nSPS) is 13.2. The van der Waals surface area contributed by atoms with E-state index in [0.717, 1.165) is 12.1 Å². The fourth-order valence-electron chi connectivity index (χ4n) is 3.44. The Bertz CT molecular complexity index is 1370. The van der Waals surface area contributed by atoms with Crippen molar-refractivity contribution >= 4 is 47.9 Å². The molecule has 1 amide bonds. The molecule has 0 spiro atoms. The molecular weight excluding hydrogens is 573 g/mol. The number of ether oxygens (including phenoxy) is 1. The van der Waals surface area contributed by atoms with Crippen molar-refractivity contribution in [1.29, 1.82) is 0 Å². The van der Waals surface area contributed by atoms with Crippen LogP contribution in [0.3, 0.4) is 0 Å². The van der Waals surface area contributed by atoms with Gasteiger partial charge in [-0.15, -0.1) is 0 Å². The Hall–Kier alpha value is -3.58. The molecule has 0 fully saturated rings. The van der Waals surface area contributed by atoms with Crippen LogP contribution in [-0.4, -0.2) is 41.3 Å². The molecule has 0 bridgehead atoms. The first-order valence-electron chi connectivity index (χ1n) is 12.6. The maximum Gasteiger partial charge on any atom is 0.407 e. The van der Waals surface area contributed by atoms with Crippen LogP contribution in [0.15, 0.2) is 59.8 Å². The van der Waals surface area contributed by atoms with E-state index < -0.39 is 28.8 Å². The minimum atomic E-state index is -0.756. The number of aromatic nitrogens is 2. The number of methoxy groups -OCH3 is 1. The van der Waals surface area contributed by atoms with E-state index in [0.29, 0.717) is 35.7 Å². The van der Waals surface area contributed by atoms with Gasteiger partial charge in [0.1, 0.15) is 11.6 Å². The Labute approximate surface area is 247 Å². The fourth-order valence-corrected chi connectivity index (χ4v) is 4.50. The monoisotopic (exact) mass is 606 g/mol. The molecule has 220 valence electrons. The third-order valence-electron chi connectivity index (χ3n) is 5.52. The van der Waals surface area contributed by atoms with Crippen LogP contribution in [0.25, 0.3) is 5.57 Å². The largest absolute Gasteiger partial charge is 0.453 e. The summed E-state index contributed by atoms with van der Waals surface area (Å²) in [5.74, 6) is -1.85. The first-order chi connectivity index (χ1) is 19.4. The third-order valence-corrected chi connectivity index (χ3v) is 6.98. The van der Waals surface area contributed by atoms with E-state index >= 15 is 4.39 Å². The number of alkyl carbamates (subject to hydrolysis) is 1. The Morgan fingerprint density at radius 2 is 1.80 bits per heavy atom. The lowest BCUT2D eigenvalue weighted by Crippen LogP contribution is -2.37. The van der Waals surface area contributed by atoms with Crippen molar-refractivity contribution in [3.63, 3.8) is 0 Å². The number of carbonyl (C=O) groups excluding carboxylic acids is 1. The number of carbonyl (C=O) groups is 1. The number of hydrogen-bond acceptors (Lipinski definition) is 9. The second kappa shape index (κ2) is 14.4. The van der Waals surface area contributed by atoms with E-state index in [2.05, 4.69) is 35.4 Å². The zero-order valence-corrected chi connectivity index (χ0v) is 25.0. The average Bonchev–Trinajstić information content (AvgIpc) is 2.92. The van der Waals surface area contributed by atoms with Gasteiger partial charge in [0.15, 0.2) is 5.82 Å². The Morgan fingerprint density at radius 1 is 1.12 bits per heavy atom. The first-order valence-corrected chi connectivity index (χ1v) is 14.0. The van der Waals surface area contributed by atoms with E-state index in [1.807, 2.05) is 20.8 Å². The minimum absolute atomic E-state index is 0.0366. The quantitative estimate of drug-likeness (QED) is 0.124. The van der Waals surface area contributed by atoms with E-state index in [4.69, 9.17) is 12.6 Å². The summed E-state index contributed by atoms with van der Waals surface area (Å²) >= 11 is 5.44. The molecule has 3 aromatic rings. The van der Waals surface area contributed by atoms with Crippen molar-refractivity contribution < 1.29 is 22.7 Å². The summed E-state index contributed by atoms with van der Waals surface area (Å²) in [6.45, 7) is 7.99. The molecule has 41 heavy (non-hydrogen) atoms. The maximum atomic E-state index is 15.9. The summed E-state index contributed by atoms with van der Waals surface area (Å²) in [5, 5.41) is 8.26. The first kappa shape index (κ1) is 31.9. The van der Waals surface area contributed by atoms with Crippen LogP contribution in [0, 0.1) is 17.5 Å². The van der Waals surface area contributed by atoms with Crippen molar-refractivity contribution in [2.75, 3.05) is 23.7 Å². The Morgan fingerprint density at radius 3 is 2.46 bits per heavy atom.